The summed E-state index contributed by atoms with van der Waals surface area (Å²) >= 11 is 0. The summed E-state index contributed by atoms with van der Waals surface area (Å²) in [4.78, 5) is 18.6. The van der Waals surface area contributed by atoms with E-state index in [2.05, 4.69) is 22.4 Å². The van der Waals surface area contributed by atoms with Crippen molar-refractivity contribution in [2.45, 2.75) is 32.2 Å². The molecule has 2 amide bonds. The fraction of sp³-hybridized carbons (Fsp3) is 0.286. The predicted octanol–water partition coefficient (Wildman–Crippen LogP) is 4.95. The lowest BCUT2D eigenvalue weighted by Crippen LogP contribution is -2.34. The van der Waals surface area contributed by atoms with Crippen molar-refractivity contribution >= 4 is 11.7 Å². The van der Waals surface area contributed by atoms with Gasteiger partial charge in [-0.25, -0.2) is 13.6 Å². The fourth-order valence-corrected chi connectivity index (χ4v) is 3.44. The Morgan fingerprint density at radius 2 is 2.03 bits per heavy atom. The van der Waals surface area contributed by atoms with Gasteiger partial charge in [0, 0.05) is 18.3 Å². The number of hydrogen-bond donors (Lipinski definition) is 1. The van der Waals surface area contributed by atoms with Gasteiger partial charge in [0.25, 0.3) is 0 Å². The number of carbonyl (C=O) groups excluding carboxylic acids is 1. The van der Waals surface area contributed by atoms with Crippen molar-refractivity contribution in [3.8, 4) is 11.4 Å². The molecule has 0 aliphatic carbocycles. The molecule has 3 aromatic rings. The molecule has 0 radical (unpaired) electrons. The van der Waals surface area contributed by atoms with Gasteiger partial charge < -0.3 is 14.7 Å². The Balaban J connectivity index is 1.50. The molecule has 0 bridgehead atoms. The van der Waals surface area contributed by atoms with Crippen molar-refractivity contribution in [2.24, 2.45) is 0 Å². The molecule has 0 unspecified atom stereocenters. The lowest BCUT2D eigenvalue weighted by Gasteiger charge is -2.22. The highest BCUT2D eigenvalue weighted by molar-refractivity contribution is 5.89. The van der Waals surface area contributed by atoms with Gasteiger partial charge in [-0.15, -0.1) is 0 Å². The van der Waals surface area contributed by atoms with Crippen LogP contribution in [-0.4, -0.2) is 27.6 Å². The molecular weight excluding hydrogens is 378 g/mol. The Bertz CT molecular complexity index is 1020. The Kier molecular flexibility index (Phi) is 5.24. The largest absolute Gasteiger partial charge is 0.337 e. The zero-order chi connectivity index (χ0) is 20.4. The summed E-state index contributed by atoms with van der Waals surface area (Å²) in [6.07, 6.45) is 2.38. The molecule has 4 rings (SSSR count). The van der Waals surface area contributed by atoms with Crippen LogP contribution in [0.2, 0.25) is 0 Å². The maximum Gasteiger partial charge on any atom is 0.322 e. The van der Waals surface area contributed by atoms with E-state index >= 15 is 0 Å². The first-order valence-corrected chi connectivity index (χ1v) is 9.50. The number of aromatic nitrogens is 2. The third-order valence-electron chi connectivity index (χ3n) is 5.03. The topological polar surface area (TPSA) is 71.3 Å². The number of carbonyl (C=O) groups is 1. The van der Waals surface area contributed by atoms with Gasteiger partial charge in [0.2, 0.25) is 11.7 Å². The summed E-state index contributed by atoms with van der Waals surface area (Å²) in [7, 11) is 0. The summed E-state index contributed by atoms with van der Waals surface area (Å²) < 4.78 is 32.4. The van der Waals surface area contributed by atoms with Crippen molar-refractivity contribution in [2.75, 3.05) is 11.9 Å². The Hall–Kier alpha value is -3.29. The van der Waals surface area contributed by atoms with Crippen LogP contribution in [0.25, 0.3) is 11.4 Å². The van der Waals surface area contributed by atoms with Crippen LogP contribution >= 0.6 is 0 Å². The maximum atomic E-state index is 14.0. The number of urea groups is 1. The second kappa shape index (κ2) is 7.98. The summed E-state index contributed by atoms with van der Waals surface area (Å²) in [6.45, 7) is 2.62. The minimum atomic E-state index is -0.770. The third kappa shape index (κ3) is 3.96. The summed E-state index contributed by atoms with van der Waals surface area (Å²) in [5, 5.41) is 6.70. The van der Waals surface area contributed by atoms with Crippen molar-refractivity contribution in [1.29, 1.82) is 0 Å². The van der Waals surface area contributed by atoms with Crippen LogP contribution in [0.5, 0.6) is 0 Å². The first-order valence-electron chi connectivity index (χ1n) is 9.50. The van der Waals surface area contributed by atoms with Crippen molar-refractivity contribution in [3.63, 3.8) is 0 Å². The first-order chi connectivity index (χ1) is 14.0. The number of aryl methyl sites for hydroxylation is 1. The Labute approximate surface area is 166 Å². The lowest BCUT2D eigenvalue weighted by atomic mass is 10.1. The van der Waals surface area contributed by atoms with E-state index in [0.29, 0.717) is 18.7 Å². The highest BCUT2D eigenvalue weighted by Crippen LogP contribution is 2.33. The number of benzene rings is 2. The predicted molar refractivity (Wildman–Crippen MR) is 103 cm³/mol. The average Bonchev–Trinajstić information content (AvgIpc) is 3.38. The molecule has 1 aliphatic rings. The van der Waals surface area contributed by atoms with Crippen LogP contribution in [0.3, 0.4) is 0 Å². The van der Waals surface area contributed by atoms with Gasteiger partial charge in [-0.3, -0.25) is 0 Å². The molecule has 1 atom stereocenters. The van der Waals surface area contributed by atoms with Crippen LogP contribution < -0.4 is 5.32 Å². The van der Waals surface area contributed by atoms with E-state index < -0.39 is 17.7 Å². The molecule has 0 spiro atoms. The Morgan fingerprint density at radius 1 is 1.24 bits per heavy atom. The second-order valence-corrected chi connectivity index (χ2v) is 6.91. The van der Waals surface area contributed by atoms with Gasteiger partial charge >= 0.3 is 6.03 Å². The number of nitrogens with zero attached hydrogens (tertiary/aromatic N) is 3. The number of hydrogen-bond acceptors (Lipinski definition) is 4. The highest BCUT2D eigenvalue weighted by atomic mass is 19.1. The molecule has 150 valence electrons. The van der Waals surface area contributed by atoms with Crippen LogP contribution in [0.4, 0.5) is 19.3 Å². The standard InChI is InChI=1S/C21H20F2N4O2/c1-2-13-5-8-15(9-6-13)24-21(28)27-11-3-4-18(27)20-25-19(26-29-20)16-10-7-14(22)12-17(16)23/h5-10,12,18H,2-4,11H2,1H3,(H,24,28)/t18-/m0/s1. The minimum Gasteiger partial charge on any atom is -0.337 e. The van der Waals surface area contributed by atoms with E-state index in [9.17, 15) is 13.6 Å². The van der Waals surface area contributed by atoms with Crippen molar-refractivity contribution in [3.05, 3.63) is 65.6 Å². The monoisotopic (exact) mass is 398 g/mol. The molecule has 1 aromatic heterocycles. The molecule has 29 heavy (non-hydrogen) atoms. The third-order valence-corrected chi connectivity index (χ3v) is 5.03. The van der Waals surface area contributed by atoms with Gasteiger partial charge in [-0.1, -0.05) is 24.2 Å². The van der Waals surface area contributed by atoms with E-state index in [1.54, 1.807) is 4.90 Å². The zero-order valence-electron chi connectivity index (χ0n) is 15.9. The van der Waals surface area contributed by atoms with Crippen LogP contribution in [0.1, 0.15) is 37.3 Å². The van der Waals surface area contributed by atoms with Gasteiger partial charge in [0.05, 0.1) is 5.56 Å². The molecule has 1 aliphatic heterocycles. The number of rotatable bonds is 4. The van der Waals surface area contributed by atoms with Crippen molar-refractivity contribution in [1.82, 2.24) is 15.0 Å². The van der Waals surface area contributed by atoms with Crippen molar-refractivity contribution < 1.29 is 18.1 Å². The zero-order valence-corrected chi connectivity index (χ0v) is 15.9. The fourth-order valence-electron chi connectivity index (χ4n) is 3.44. The normalized spacial score (nSPS) is 16.2. The number of halogens is 2. The molecule has 2 heterocycles. The van der Waals surface area contributed by atoms with Gasteiger partial charge in [-0.2, -0.15) is 4.98 Å². The SMILES string of the molecule is CCc1ccc(NC(=O)N2CCC[C@H]2c2nc(-c3ccc(F)cc3F)no2)cc1. The van der Waals surface area contributed by atoms with Gasteiger partial charge in [0.1, 0.15) is 17.7 Å². The molecule has 8 heteroatoms. The number of nitrogens with one attached hydrogen (secondary N) is 1. The quantitative estimate of drug-likeness (QED) is 0.675. The first kappa shape index (κ1) is 19.0. The van der Waals surface area contributed by atoms with Gasteiger partial charge in [-0.05, 0) is 49.1 Å². The van der Waals surface area contributed by atoms with Gasteiger partial charge in [0.15, 0.2) is 0 Å². The minimum absolute atomic E-state index is 0.0277. The maximum absolute atomic E-state index is 14.0. The number of anilines is 1. The van der Waals surface area contributed by atoms with Crippen LogP contribution in [0.15, 0.2) is 47.0 Å². The Morgan fingerprint density at radius 3 is 2.76 bits per heavy atom. The highest BCUT2D eigenvalue weighted by Gasteiger charge is 2.34. The second-order valence-electron chi connectivity index (χ2n) is 6.91. The molecule has 2 aromatic carbocycles. The lowest BCUT2D eigenvalue weighted by molar-refractivity contribution is 0.193. The molecule has 1 fully saturated rings. The van der Waals surface area contributed by atoms with E-state index in [1.807, 2.05) is 24.3 Å². The molecular formula is C21H20F2N4O2. The summed E-state index contributed by atoms with van der Waals surface area (Å²) in [6, 6.07) is 10.2. The summed E-state index contributed by atoms with van der Waals surface area (Å²) in [5.74, 6) is -1.19. The molecule has 1 N–H and O–H groups in total. The van der Waals surface area contributed by atoms with Crippen LogP contribution in [0, 0.1) is 11.6 Å². The van der Waals surface area contributed by atoms with E-state index in [4.69, 9.17) is 4.52 Å². The average molecular weight is 398 g/mol. The number of likely N-dealkylation sites (tertiary alicyclic amines) is 1. The van der Waals surface area contributed by atoms with E-state index in [0.717, 1.165) is 25.0 Å². The van der Waals surface area contributed by atoms with Crippen LogP contribution in [-0.2, 0) is 6.42 Å². The smallest absolute Gasteiger partial charge is 0.322 e. The summed E-state index contributed by atoms with van der Waals surface area (Å²) in [5.41, 5.74) is 1.94. The number of amides is 2. The molecule has 0 saturated carbocycles. The molecule has 1 saturated heterocycles. The molecule has 6 nitrogen and oxygen atoms in total. The van der Waals surface area contributed by atoms with E-state index in [1.165, 1.54) is 11.6 Å². The van der Waals surface area contributed by atoms with E-state index in [-0.39, 0.29) is 23.3 Å².